The summed E-state index contributed by atoms with van der Waals surface area (Å²) in [5, 5.41) is 0.933. The standard InChI is InChI=1S/C13H14N2O2S/c1-8-10(13(5-6-13)12(16)17-2)18-11(15-8)9-4-3-7-14-9/h3-4,7,14H,5-6H2,1-2H3. The molecule has 0 saturated heterocycles. The number of carbonyl (C=O) groups excluding carboxylic acids is 1. The Balaban J connectivity index is 2.02. The van der Waals surface area contributed by atoms with Gasteiger partial charge in [-0.25, -0.2) is 4.98 Å². The van der Waals surface area contributed by atoms with Gasteiger partial charge in [0.2, 0.25) is 0 Å². The number of thiazole rings is 1. The zero-order chi connectivity index (χ0) is 12.8. The molecule has 4 nitrogen and oxygen atoms in total. The van der Waals surface area contributed by atoms with Gasteiger partial charge in [-0.3, -0.25) is 4.79 Å². The number of H-pyrrole nitrogens is 1. The number of carbonyl (C=O) groups is 1. The molecule has 2 heterocycles. The lowest BCUT2D eigenvalue weighted by Gasteiger charge is -2.10. The van der Waals surface area contributed by atoms with Crippen LogP contribution in [0.1, 0.15) is 23.4 Å². The van der Waals surface area contributed by atoms with Gasteiger partial charge in [-0.2, -0.15) is 0 Å². The molecule has 1 aliphatic rings. The maximum absolute atomic E-state index is 11.9. The third-order valence-corrected chi connectivity index (χ3v) is 4.78. The lowest BCUT2D eigenvalue weighted by atomic mass is 10.0. The number of methoxy groups -OCH3 is 1. The van der Waals surface area contributed by atoms with Crippen LogP contribution in [0.5, 0.6) is 0 Å². The van der Waals surface area contributed by atoms with E-state index in [0.717, 1.165) is 34.1 Å². The lowest BCUT2D eigenvalue weighted by Crippen LogP contribution is -2.21. The fraction of sp³-hybridized carbons (Fsp3) is 0.385. The van der Waals surface area contributed by atoms with Gasteiger partial charge in [-0.15, -0.1) is 11.3 Å². The van der Waals surface area contributed by atoms with E-state index in [-0.39, 0.29) is 5.97 Å². The second kappa shape index (κ2) is 3.95. The van der Waals surface area contributed by atoms with Crippen molar-refractivity contribution in [1.29, 1.82) is 0 Å². The average Bonchev–Trinajstić information content (AvgIpc) is 2.83. The molecule has 2 aromatic heterocycles. The Labute approximate surface area is 109 Å². The Hall–Kier alpha value is -1.62. The molecular weight excluding hydrogens is 248 g/mol. The van der Waals surface area contributed by atoms with Crippen molar-refractivity contribution in [3.05, 3.63) is 28.9 Å². The molecule has 1 aliphatic carbocycles. The number of rotatable bonds is 3. The van der Waals surface area contributed by atoms with Crippen molar-refractivity contribution in [3.63, 3.8) is 0 Å². The summed E-state index contributed by atoms with van der Waals surface area (Å²) >= 11 is 1.59. The SMILES string of the molecule is COC(=O)C1(c2sc(-c3ccc[nH]3)nc2C)CC1. The maximum Gasteiger partial charge on any atom is 0.317 e. The summed E-state index contributed by atoms with van der Waals surface area (Å²) in [5.41, 5.74) is 1.52. The molecule has 1 N–H and O–H groups in total. The number of aryl methyl sites for hydroxylation is 1. The van der Waals surface area contributed by atoms with Gasteiger partial charge in [0.15, 0.2) is 0 Å². The number of hydrogen-bond donors (Lipinski definition) is 1. The van der Waals surface area contributed by atoms with E-state index < -0.39 is 5.41 Å². The number of esters is 1. The molecule has 94 valence electrons. The van der Waals surface area contributed by atoms with Crippen molar-refractivity contribution in [1.82, 2.24) is 9.97 Å². The van der Waals surface area contributed by atoms with Crippen LogP contribution in [0.2, 0.25) is 0 Å². The maximum atomic E-state index is 11.9. The molecule has 18 heavy (non-hydrogen) atoms. The van der Waals surface area contributed by atoms with E-state index in [0.29, 0.717) is 0 Å². The first-order chi connectivity index (χ1) is 8.67. The molecule has 0 atom stereocenters. The van der Waals surface area contributed by atoms with Crippen LogP contribution in [0.15, 0.2) is 18.3 Å². The van der Waals surface area contributed by atoms with Crippen molar-refractivity contribution in [2.45, 2.75) is 25.2 Å². The Morgan fingerprint density at radius 2 is 2.33 bits per heavy atom. The Bertz CT molecular complexity index is 582. The number of aromatic amines is 1. The molecule has 1 fully saturated rings. The fourth-order valence-corrected chi connectivity index (χ4v) is 3.55. The van der Waals surface area contributed by atoms with Gasteiger partial charge in [0.05, 0.1) is 18.5 Å². The minimum atomic E-state index is -0.415. The third-order valence-electron chi connectivity index (χ3n) is 3.39. The highest BCUT2D eigenvalue weighted by Gasteiger charge is 2.54. The zero-order valence-electron chi connectivity index (χ0n) is 10.3. The first-order valence-electron chi connectivity index (χ1n) is 5.87. The minimum Gasteiger partial charge on any atom is -0.468 e. The molecule has 5 heteroatoms. The van der Waals surface area contributed by atoms with Gasteiger partial charge in [0, 0.05) is 11.1 Å². The number of hydrogen-bond acceptors (Lipinski definition) is 4. The van der Waals surface area contributed by atoms with Crippen molar-refractivity contribution in [2.75, 3.05) is 7.11 Å². The van der Waals surface area contributed by atoms with Gasteiger partial charge >= 0.3 is 5.97 Å². The Morgan fingerprint density at radius 3 is 2.89 bits per heavy atom. The average molecular weight is 262 g/mol. The first kappa shape index (κ1) is 11.5. The van der Waals surface area contributed by atoms with E-state index in [2.05, 4.69) is 9.97 Å². The summed E-state index contributed by atoms with van der Waals surface area (Å²) in [4.78, 5) is 20.6. The van der Waals surface area contributed by atoms with Crippen LogP contribution < -0.4 is 0 Å². The van der Waals surface area contributed by atoms with Crippen molar-refractivity contribution in [2.24, 2.45) is 0 Å². The highest BCUT2D eigenvalue weighted by Crippen LogP contribution is 2.53. The predicted octanol–water partition coefficient (Wildman–Crippen LogP) is 2.65. The molecule has 0 unspecified atom stereocenters. The van der Waals surface area contributed by atoms with Gasteiger partial charge in [0.1, 0.15) is 10.4 Å². The molecule has 0 amide bonds. The molecule has 0 radical (unpaired) electrons. The highest BCUT2D eigenvalue weighted by molar-refractivity contribution is 7.15. The number of nitrogens with zero attached hydrogens (tertiary/aromatic N) is 1. The summed E-state index contributed by atoms with van der Waals surface area (Å²) < 4.78 is 4.92. The Kier molecular flexibility index (Phi) is 2.52. The fourth-order valence-electron chi connectivity index (χ4n) is 2.26. The molecule has 3 rings (SSSR count). The first-order valence-corrected chi connectivity index (χ1v) is 6.69. The summed E-state index contributed by atoms with van der Waals surface area (Å²) in [7, 11) is 1.45. The van der Waals surface area contributed by atoms with Crippen LogP contribution in [0.4, 0.5) is 0 Å². The van der Waals surface area contributed by atoms with Gasteiger partial charge in [-0.05, 0) is 31.9 Å². The largest absolute Gasteiger partial charge is 0.468 e. The summed E-state index contributed by atoms with van der Waals surface area (Å²) in [6.45, 7) is 1.96. The number of nitrogens with one attached hydrogen (secondary N) is 1. The summed E-state index contributed by atoms with van der Waals surface area (Å²) in [6.07, 6.45) is 3.61. The molecule has 0 aromatic carbocycles. The van der Waals surface area contributed by atoms with E-state index in [1.807, 2.05) is 25.3 Å². The smallest absolute Gasteiger partial charge is 0.317 e. The van der Waals surface area contributed by atoms with E-state index in [1.54, 1.807) is 11.3 Å². The van der Waals surface area contributed by atoms with Crippen LogP contribution in [-0.4, -0.2) is 23.0 Å². The van der Waals surface area contributed by atoms with Gasteiger partial charge in [0.25, 0.3) is 0 Å². The van der Waals surface area contributed by atoms with Crippen LogP contribution in [0.3, 0.4) is 0 Å². The molecule has 2 aromatic rings. The van der Waals surface area contributed by atoms with Crippen LogP contribution in [0, 0.1) is 6.92 Å². The lowest BCUT2D eigenvalue weighted by molar-refractivity contribution is -0.143. The minimum absolute atomic E-state index is 0.132. The highest BCUT2D eigenvalue weighted by atomic mass is 32.1. The molecular formula is C13H14N2O2S. The van der Waals surface area contributed by atoms with Crippen LogP contribution in [0.25, 0.3) is 10.7 Å². The second-order valence-corrected chi connectivity index (χ2v) is 5.59. The monoisotopic (exact) mass is 262 g/mol. The van der Waals surface area contributed by atoms with Crippen LogP contribution in [-0.2, 0) is 14.9 Å². The summed E-state index contributed by atoms with van der Waals surface area (Å²) in [6, 6.07) is 3.93. The third kappa shape index (κ3) is 1.58. The number of aromatic nitrogens is 2. The molecule has 1 saturated carbocycles. The van der Waals surface area contributed by atoms with E-state index >= 15 is 0 Å². The zero-order valence-corrected chi connectivity index (χ0v) is 11.1. The number of ether oxygens (including phenoxy) is 1. The summed E-state index contributed by atoms with van der Waals surface area (Å²) in [5.74, 6) is -0.132. The molecule has 0 bridgehead atoms. The van der Waals surface area contributed by atoms with Gasteiger partial charge in [-0.1, -0.05) is 0 Å². The van der Waals surface area contributed by atoms with E-state index in [4.69, 9.17) is 4.74 Å². The normalized spacial score (nSPS) is 16.6. The molecule has 0 aliphatic heterocycles. The molecule has 0 spiro atoms. The van der Waals surface area contributed by atoms with Crippen LogP contribution >= 0.6 is 11.3 Å². The van der Waals surface area contributed by atoms with Crippen molar-refractivity contribution >= 4 is 17.3 Å². The topological polar surface area (TPSA) is 55.0 Å². The van der Waals surface area contributed by atoms with E-state index in [1.165, 1.54) is 7.11 Å². The van der Waals surface area contributed by atoms with E-state index in [9.17, 15) is 4.79 Å². The van der Waals surface area contributed by atoms with Gasteiger partial charge < -0.3 is 9.72 Å². The Morgan fingerprint density at radius 1 is 1.56 bits per heavy atom. The predicted molar refractivity (Wildman–Crippen MR) is 69.6 cm³/mol. The van der Waals surface area contributed by atoms with Crippen molar-refractivity contribution < 1.29 is 9.53 Å². The second-order valence-electron chi connectivity index (χ2n) is 4.59. The quantitative estimate of drug-likeness (QED) is 0.865. The van der Waals surface area contributed by atoms with Crippen molar-refractivity contribution in [3.8, 4) is 10.7 Å².